The highest BCUT2D eigenvalue weighted by Crippen LogP contribution is 2.31. The zero-order valence-electron chi connectivity index (χ0n) is 7.19. The van der Waals surface area contributed by atoms with Gasteiger partial charge in [-0.05, 0) is 12.1 Å². The first kappa shape index (κ1) is 9.63. The van der Waals surface area contributed by atoms with Gasteiger partial charge in [0.05, 0.1) is 0 Å². The third-order valence-corrected chi connectivity index (χ3v) is 1.87. The van der Waals surface area contributed by atoms with Crippen LogP contribution >= 0.6 is 0 Å². The Morgan fingerprint density at radius 1 is 1.33 bits per heavy atom. The van der Waals surface area contributed by atoms with Crippen molar-refractivity contribution in [3.63, 3.8) is 0 Å². The van der Waals surface area contributed by atoms with E-state index in [4.69, 9.17) is 0 Å². The van der Waals surface area contributed by atoms with Gasteiger partial charge in [0.1, 0.15) is 5.56 Å². The van der Waals surface area contributed by atoms with Crippen molar-refractivity contribution in [3.05, 3.63) is 29.7 Å². The summed E-state index contributed by atoms with van der Waals surface area (Å²) in [6, 6.07) is 2.07. The van der Waals surface area contributed by atoms with Crippen LogP contribution in [0.4, 0.5) is 13.2 Å². The maximum absolute atomic E-state index is 12.5. The van der Waals surface area contributed by atoms with Gasteiger partial charge in [-0.2, -0.15) is 13.2 Å². The van der Waals surface area contributed by atoms with Crippen molar-refractivity contribution in [2.24, 2.45) is 0 Å². The van der Waals surface area contributed by atoms with E-state index in [2.05, 4.69) is 10.2 Å². The van der Waals surface area contributed by atoms with Crippen molar-refractivity contribution in [1.29, 1.82) is 0 Å². The van der Waals surface area contributed by atoms with Crippen LogP contribution in [0, 0.1) is 0 Å². The molecule has 0 radical (unpaired) electrons. The second-order valence-electron chi connectivity index (χ2n) is 2.79. The quantitative estimate of drug-likeness (QED) is 0.678. The molecule has 4 nitrogen and oxygen atoms in total. The molecule has 78 valence electrons. The lowest BCUT2D eigenvalue weighted by Gasteiger charge is -2.06. The Kier molecular flexibility index (Phi) is 1.95. The van der Waals surface area contributed by atoms with Crippen LogP contribution in [0.1, 0.15) is 16.2 Å². The molecule has 0 aliphatic heterocycles. The Labute approximate surface area is 81.3 Å². The molecule has 0 saturated heterocycles. The van der Waals surface area contributed by atoms with Crippen LogP contribution in [-0.4, -0.2) is 20.9 Å². The summed E-state index contributed by atoms with van der Waals surface area (Å²) in [5.74, 6) is -0.156. The summed E-state index contributed by atoms with van der Waals surface area (Å²) >= 11 is 0. The van der Waals surface area contributed by atoms with Crippen LogP contribution in [0.25, 0.3) is 5.65 Å². The van der Waals surface area contributed by atoms with Crippen LogP contribution in [0.2, 0.25) is 0 Å². The van der Waals surface area contributed by atoms with E-state index in [1.807, 2.05) is 0 Å². The molecule has 0 fully saturated rings. The molecule has 0 spiro atoms. The van der Waals surface area contributed by atoms with Crippen molar-refractivity contribution < 1.29 is 18.0 Å². The van der Waals surface area contributed by atoms with Crippen LogP contribution in [-0.2, 0) is 6.18 Å². The molecule has 2 aromatic heterocycles. The third kappa shape index (κ3) is 1.45. The van der Waals surface area contributed by atoms with E-state index in [-0.39, 0.29) is 11.5 Å². The van der Waals surface area contributed by atoms with Crippen molar-refractivity contribution in [3.8, 4) is 0 Å². The van der Waals surface area contributed by atoms with Gasteiger partial charge in [0.2, 0.25) is 5.82 Å². The lowest BCUT2D eigenvalue weighted by atomic mass is 10.2. The summed E-state index contributed by atoms with van der Waals surface area (Å²) < 4.78 is 38.4. The number of pyridine rings is 1. The number of aldehydes is 1. The smallest absolute Gasteiger partial charge is 0.294 e. The fourth-order valence-corrected chi connectivity index (χ4v) is 1.24. The molecule has 0 aromatic carbocycles. The predicted molar refractivity (Wildman–Crippen MR) is 43.4 cm³/mol. The first-order valence-electron chi connectivity index (χ1n) is 3.90. The Morgan fingerprint density at radius 3 is 2.67 bits per heavy atom. The van der Waals surface area contributed by atoms with E-state index in [1.165, 1.54) is 12.3 Å². The average Bonchev–Trinajstić information content (AvgIpc) is 2.58. The monoisotopic (exact) mass is 215 g/mol. The van der Waals surface area contributed by atoms with Gasteiger partial charge in [-0.25, -0.2) is 0 Å². The van der Waals surface area contributed by atoms with Crippen LogP contribution < -0.4 is 0 Å². The van der Waals surface area contributed by atoms with Gasteiger partial charge < -0.3 is 0 Å². The Hall–Kier alpha value is -1.92. The number of carbonyl (C=O) groups is 1. The van der Waals surface area contributed by atoms with Crippen molar-refractivity contribution in [1.82, 2.24) is 14.6 Å². The van der Waals surface area contributed by atoms with Gasteiger partial charge in [-0.1, -0.05) is 0 Å². The summed E-state index contributed by atoms with van der Waals surface area (Å²) in [6.45, 7) is 0. The lowest BCUT2D eigenvalue weighted by Crippen LogP contribution is -2.07. The molecule has 0 aliphatic rings. The second-order valence-corrected chi connectivity index (χ2v) is 2.79. The van der Waals surface area contributed by atoms with Crippen LogP contribution in [0.5, 0.6) is 0 Å². The average molecular weight is 215 g/mol. The number of fused-ring (bicyclic) bond motifs is 1. The lowest BCUT2D eigenvalue weighted by molar-refractivity contribution is -0.136. The molecular formula is C8H4F3N3O. The van der Waals surface area contributed by atoms with Crippen molar-refractivity contribution >= 4 is 11.9 Å². The van der Waals surface area contributed by atoms with E-state index < -0.39 is 11.7 Å². The largest absolute Gasteiger partial charge is 0.420 e. The highest BCUT2D eigenvalue weighted by Gasteiger charge is 2.34. The highest BCUT2D eigenvalue weighted by atomic mass is 19.4. The van der Waals surface area contributed by atoms with E-state index in [9.17, 15) is 18.0 Å². The minimum atomic E-state index is -4.50. The third-order valence-electron chi connectivity index (χ3n) is 1.87. The van der Waals surface area contributed by atoms with E-state index in [1.54, 1.807) is 0 Å². The minimum absolute atomic E-state index is 0.156. The Bertz CT molecular complexity index is 517. The molecule has 2 rings (SSSR count). The van der Waals surface area contributed by atoms with Crippen LogP contribution in [0.3, 0.4) is 0 Å². The van der Waals surface area contributed by atoms with Crippen LogP contribution in [0.15, 0.2) is 18.3 Å². The maximum Gasteiger partial charge on any atom is 0.420 e. The van der Waals surface area contributed by atoms with E-state index in [0.29, 0.717) is 6.29 Å². The minimum Gasteiger partial charge on any atom is -0.294 e. The summed E-state index contributed by atoms with van der Waals surface area (Å²) in [6.07, 6.45) is -2.86. The summed E-state index contributed by atoms with van der Waals surface area (Å²) in [4.78, 5) is 10.4. The van der Waals surface area contributed by atoms with Gasteiger partial charge in [0.25, 0.3) is 0 Å². The number of alkyl halides is 3. The summed E-state index contributed by atoms with van der Waals surface area (Å²) in [5, 5.41) is 6.65. The molecule has 0 atom stereocenters. The molecule has 0 aliphatic carbocycles. The molecule has 0 N–H and O–H groups in total. The molecule has 0 bridgehead atoms. The van der Waals surface area contributed by atoms with Gasteiger partial charge >= 0.3 is 6.18 Å². The number of halogens is 3. The first-order chi connectivity index (χ1) is 7.04. The van der Waals surface area contributed by atoms with Gasteiger partial charge in [0, 0.05) is 6.20 Å². The molecule has 0 unspecified atom stereocenters. The molecule has 15 heavy (non-hydrogen) atoms. The van der Waals surface area contributed by atoms with Gasteiger partial charge in [0.15, 0.2) is 11.9 Å². The maximum atomic E-state index is 12.5. The van der Waals surface area contributed by atoms with Crippen molar-refractivity contribution in [2.45, 2.75) is 6.18 Å². The number of nitrogens with zero attached hydrogens (tertiary/aromatic N) is 3. The summed E-state index contributed by atoms with van der Waals surface area (Å²) in [5.41, 5.74) is -1.28. The van der Waals surface area contributed by atoms with Gasteiger partial charge in [-0.15, -0.1) is 10.2 Å². The number of rotatable bonds is 1. The molecule has 2 aromatic rings. The zero-order chi connectivity index (χ0) is 11.1. The molecule has 0 saturated carbocycles. The van der Waals surface area contributed by atoms with Gasteiger partial charge in [-0.3, -0.25) is 9.20 Å². The molecular weight excluding hydrogens is 211 g/mol. The number of carbonyl (C=O) groups excluding carboxylic acids is 1. The second kappa shape index (κ2) is 3.04. The normalized spacial score (nSPS) is 11.9. The topological polar surface area (TPSA) is 47.3 Å². The SMILES string of the molecule is O=Cc1nnc2c(C(F)(F)F)cccn12. The Balaban J connectivity index is 2.78. The Morgan fingerprint density at radius 2 is 2.07 bits per heavy atom. The number of hydrogen-bond donors (Lipinski definition) is 0. The zero-order valence-corrected chi connectivity index (χ0v) is 7.19. The fraction of sp³-hybridized carbons (Fsp3) is 0.125. The molecule has 0 amide bonds. The highest BCUT2D eigenvalue weighted by molar-refractivity contribution is 5.71. The number of hydrogen-bond acceptors (Lipinski definition) is 3. The van der Waals surface area contributed by atoms with Crippen molar-refractivity contribution in [2.75, 3.05) is 0 Å². The van der Waals surface area contributed by atoms with E-state index >= 15 is 0 Å². The number of aromatic nitrogens is 3. The molecule has 7 heteroatoms. The summed E-state index contributed by atoms with van der Waals surface area (Å²) in [7, 11) is 0. The fourth-order valence-electron chi connectivity index (χ4n) is 1.24. The van der Waals surface area contributed by atoms with E-state index in [0.717, 1.165) is 10.5 Å². The standard InChI is InChI=1S/C8H4F3N3O/c9-8(10,11)5-2-1-3-14-6(4-15)12-13-7(5)14/h1-4H. The molecule has 2 heterocycles. The predicted octanol–water partition coefficient (Wildman–Crippen LogP) is 1.56. The first-order valence-corrected chi connectivity index (χ1v) is 3.90.